The molecule has 6 heteroatoms. The van der Waals surface area contributed by atoms with E-state index in [0.29, 0.717) is 12.5 Å². The maximum atomic E-state index is 10.8. The van der Waals surface area contributed by atoms with Crippen molar-refractivity contribution < 1.29 is 9.90 Å². The van der Waals surface area contributed by atoms with E-state index >= 15 is 0 Å². The lowest BCUT2D eigenvalue weighted by molar-refractivity contribution is -0.136. The number of nitrogens with zero attached hydrogens (tertiary/aromatic N) is 3. The second kappa shape index (κ2) is 6.66. The van der Waals surface area contributed by atoms with E-state index in [1.165, 1.54) is 4.88 Å². The average Bonchev–Trinajstić information content (AvgIpc) is 2.84. The summed E-state index contributed by atoms with van der Waals surface area (Å²) in [5.41, 5.74) is 1.43. The van der Waals surface area contributed by atoms with Gasteiger partial charge in [-0.3, -0.25) is 4.79 Å². The molecule has 0 bridgehead atoms. The van der Waals surface area contributed by atoms with E-state index in [1.54, 1.807) is 16.2 Å². The van der Waals surface area contributed by atoms with E-state index in [0.717, 1.165) is 30.1 Å². The third-order valence-electron chi connectivity index (χ3n) is 4.28. The molecule has 1 unspecified atom stereocenters. The summed E-state index contributed by atoms with van der Waals surface area (Å²) in [6, 6.07) is 2.10. The first-order valence-electron chi connectivity index (χ1n) is 7.63. The molecule has 0 aromatic carbocycles. The smallest absolute Gasteiger partial charge is 0.305 e. The van der Waals surface area contributed by atoms with Crippen molar-refractivity contribution in [1.82, 2.24) is 4.98 Å². The minimum absolute atomic E-state index is 0.0243. The Balaban J connectivity index is 2.15. The van der Waals surface area contributed by atoms with Gasteiger partial charge in [-0.25, -0.2) is 4.98 Å². The monoisotopic (exact) mass is 321 g/mol. The Bertz CT molecular complexity index is 583. The quantitative estimate of drug-likeness (QED) is 0.843. The van der Waals surface area contributed by atoms with Gasteiger partial charge in [-0.2, -0.15) is 5.26 Å². The van der Waals surface area contributed by atoms with Crippen LogP contribution in [-0.2, 0) is 17.6 Å². The largest absolute Gasteiger partial charge is 0.481 e. The predicted octanol–water partition coefficient (Wildman–Crippen LogP) is 3.10. The third kappa shape index (κ3) is 3.98. The Morgan fingerprint density at radius 2 is 2.27 bits per heavy atom. The fourth-order valence-electron chi connectivity index (χ4n) is 2.79. The van der Waals surface area contributed by atoms with Gasteiger partial charge in [0, 0.05) is 11.4 Å². The lowest BCUT2D eigenvalue weighted by Gasteiger charge is -2.33. The van der Waals surface area contributed by atoms with Crippen molar-refractivity contribution in [3.63, 3.8) is 0 Å². The first kappa shape index (κ1) is 16.8. The molecule has 2 rings (SSSR count). The number of carboxylic acid groups (broad SMARTS) is 1. The number of aliphatic carboxylic acids is 1. The zero-order valence-corrected chi connectivity index (χ0v) is 14.2. The lowest BCUT2D eigenvalue weighted by Crippen LogP contribution is -2.26. The summed E-state index contributed by atoms with van der Waals surface area (Å²) in [6.07, 6.45) is 3.19. The highest BCUT2D eigenvalue weighted by molar-refractivity contribution is 7.15. The molecule has 0 amide bonds. The molecule has 1 heterocycles. The number of carbonyl (C=O) groups is 1. The summed E-state index contributed by atoms with van der Waals surface area (Å²) in [5, 5.41) is 18.6. The minimum atomic E-state index is -0.850. The number of nitriles is 1. The summed E-state index contributed by atoms with van der Waals surface area (Å²) in [5.74, 6) is -0.200. The summed E-state index contributed by atoms with van der Waals surface area (Å²) in [6.45, 7) is 7.35. The summed E-state index contributed by atoms with van der Waals surface area (Å²) in [4.78, 5) is 18.5. The number of aromatic nitrogens is 1. The first-order chi connectivity index (χ1) is 10.3. The lowest BCUT2D eigenvalue weighted by atomic mass is 9.73. The van der Waals surface area contributed by atoms with Gasteiger partial charge in [0.05, 0.1) is 18.2 Å². The maximum Gasteiger partial charge on any atom is 0.305 e. The number of aryl methyl sites for hydroxylation is 1. The van der Waals surface area contributed by atoms with Crippen LogP contribution >= 0.6 is 11.3 Å². The summed E-state index contributed by atoms with van der Waals surface area (Å²) in [7, 11) is 0. The second-order valence-corrected chi connectivity index (χ2v) is 7.96. The number of carboxylic acids is 1. The Labute approximate surface area is 135 Å². The fourth-order valence-corrected chi connectivity index (χ4v) is 4.01. The molecule has 0 radical (unpaired) electrons. The van der Waals surface area contributed by atoms with E-state index in [2.05, 4.69) is 31.8 Å². The molecular formula is C16H23N3O2S. The van der Waals surface area contributed by atoms with Gasteiger partial charge in [0.15, 0.2) is 5.13 Å². The number of hydrogen-bond donors (Lipinski definition) is 1. The van der Waals surface area contributed by atoms with Gasteiger partial charge in [0.1, 0.15) is 6.54 Å². The molecule has 1 atom stereocenters. The van der Waals surface area contributed by atoms with Crippen LogP contribution in [0.1, 0.15) is 44.2 Å². The molecule has 0 saturated heterocycles. The van der Waals surface area contributed by atoms with Crippen LogP contribution < -0.4 is 4.90 Å². The Kier molecular flexibility index (Phi) is 5.07. The molecule has 1 N–H and O–H groups in total. The van der Waals surface area contributed by atoms with Gasteiger partial charge in [0.25, 0.3) is 0 Å². The average molecular weight is 321 g/mol. The van der Waals surface area contributed by atoms with Crippen LogP contribution in [0, 0.1) is 22.7 Å². The summed E-state index contributed by atoms with van der Waals surface area (Å²) >= 11 is 1.63. The molecule has 0 aliphatic heterocycles. The molecule has 1 aliphatic rings. The van der Waals surface area contributed by atoms with E-state index < -0.39 is 5.97 Å². The normalized spacial score (nSPS) is 17.6. The van der Waals surface area contributed by atoms with Crippen molar-refractivity contribution in [2.24, 2.45) is 11.3 Å². The third-order valence-corrected chi connectivity index (χ3v) is 5.46. The highest BCUT2D eigenvalue weighted by atomic mass is 32.1. The zero-order valence-electron chi connectivity index (χ0n) is 13.4. The molecule has 1 aromatic rings. The number of fused-ring (bicyclic) bond motifs is 1. The van der Waals surface area contributed by atoms with Crippen molar-refractivity contribution in [1.29, 1.82) is 5.26 Å². The van der Waals surface area contributed by atoms with Crippen LogP contribution in [-0.4, -0.2) is 29.1 Å². The van der Waals surface area contributed by atoms with Gasteiger partial charge >= 0.3 is 5.97 Å². The van der Waals surface area contributed by atoms with Crippen LogP contribution in [0.2, 0.25) is 0 Å². The van der Waals surface area contributed by atoms with E-state index in [9.17, 15) is 4.79 Å². The van der Waals surface area contributed by atoms with Crippen molar-refractivity contribution in [3.05, 3.63) is 10.6 Å². The number of thiazole rings is 1. The zero-order chi connectivity index (χ0) is 16.3. The van der Waals surface area contributed by atoms with E-state index in [1.807, 2.05) is 0 Å². The molecule has 1 aliphatic carbocycles. The molecule has 1 aromatic heterocycles. The fraction of sp³-hybridized carbons (Fsp3) is 0.688. The molecule has 5 nitrogen and oxygen atoms in total. The molecule has 120 valence electrons. The molecule has 0 fully saturated rings. The van der Waals surface area contributed by atoms with Crippen LogP contribution in [0.3, 0.4) is 0 Å². The molecule has 0 spiro atoms. The van der Waals surface area contributed by atoms with Crippen LogP contribution in [0.15, 0.2) is 0 Å². The van der Waals surface area contributed by atoms with Crippen molar-refractivity contribution in [3.8, 4) is 6.07 Å². The van der Waals surface area contributed by atoms with Crippen molar-refractivity contribution >= 4 is 22.4 Å². The second-order valence-electron chi connectivity index (χ2n) is 6.90. The Morgan fingerprint density at radius 3 is 2.86 bits per heavy atom. The van der Waals surface area contributed by atoms with Crippen molar-refractivity contribution in [2.75, 3.05) is 18.0 Å². The molecule has 22 heavy (non-hydrogen) atoms. The van der Waals surface area contributed by atoms with E-state index in [4.69, 9.17) is 10.4 Å². The van der Waals surface area contributed by atoms with Gasteiger partial charge < -0.3 is 10.0 Å². The van der Waals surface area contributed by atoms with Gasteiger partial charge in [0.2, 0.25) is 0 Å². The number of hydrogen-bond acceptors (Lipinski definition) is 5. The molecule has 0 saturated carbocycles. The van der Waals surface area contributed by atoms with Crippen molar-refractivity contribution in [2.45, 2.75) is 46.5 Å². The number of anilines is 1. The first-order valence-corrected chi connectivity index (χ1v) is 8.45. The summed E-state index contributed by atoms with van der Waals surface area (Å²) < 4.78 is 0. The highest BCUT2D eigenvalue weighted by Gasteiger charge is 2.31. The molecular weight excluding hydrogens is 298 g/mol. The number of rotatable bonds is 5. The Morgan fingerprint density at radius 1 is 1.55 bits per heavy atom. The van der Waals surface area contributed by atoms with Gasteiger partial charge in [-0.15, -0.1) is 11.3 Å². The van der Waals surface area contributed by atoms with E-state index in [-0.39, 0.29) is 18.4 Å². The van der Waals surface area contributed by atoms with Crippen LogP contribution in [0.4, 0.5) is 5.13 Å². The minimum Gasteiger partial charge on any atom is -0.481 e. The highest BCUT2D eigenvalue weighted by Crippen LogP contribution is 2.40. The predicted molar refractivity (Wildman–Crippen MR) is 87.2 cm³/mol. The van der Waals surface area contributed by atoms with Gasteiger partial charge in [-0.1, -0.05) is 20.8 Å². The van der Waals surface area contributed by atoms with Crippen LogP contribution in [0.25, 0.3) is 0 Å². The standard InChI is InChI=1S/C16H23N3O2S/c1-16(2,3)11-4-5-12-13(10-11)22-15(18-12)19(9-7-17)8-6-14(20)21/h11H,4-6,8-10H2,1-3H3,(H,20,21). The topological polar surface area (TPSA) is 77.2 Å². The Hall–Kier alpha value is -1.61. The maximum absolute atomic E-state index is 10.8. The van der Waals surface area contributed by atoms with Crippen LogP contribution in [0.5, 0.6) is 0 Å². The van der Waals surface area contributed by atoms with Gasteiger partial charge in [-0.05, 0) is 30.6 Å². The SMILES string of the molecule is CC(C)(C)C1CCc2nc(N(CC#N)CCC(=O)O)sc2C1.